The molecule has 0 saturated carbocycles. The Balaban J connectivity index is 2.25. The molecule has 0 spiro atoms. The fraction of sp³-hybridized carbons (Fsp3) is 0.250. The van der Waals surface area contributed by atoms with Crippen LogP contribution in [0.2, 0.25) is 0 Å². The summed E-state index contributed by atoms with van der Waals surface area (Å²) in [7, 11) is 0. The molecule has 4 aromatic carbocycles. The normalized spacial score (nSPS) is 12.1. The first-order chi connectivity index (χ1) is 16.0. The zero-order valence-electron chi connectivity index (χ0n) is 21.0. The van der Waals surface area contributed by atoms with Gasteiger partial charge >= 0.3 is 0 Å². The summed E-state index contributed by atoms with van der Waals surface area (Å²) in [5.74, 6) is 0.509. The number of hydrogen-bond donors (Lipinski definition) is 2. The molecule has 4 aromatic rings. The second-order valence-electron chi connectivity index (χ2n) is 11.1. The molecule has 174 valence electrons. The largest absolute Gasteiger partial charge is 0.508 e. The fourth-order valence-electron chi connectivity index (χ4n) is 4.67. The van der Waals surface area contributed by atoms with Gasteiger partial charge in [-0.3, -0.25) is 0 Å². The summed E-state index contributed by atoms with van der Waals surface area (Å²) in [6, 6.07) is 28.0. The van der Waals surface area contributed by atoms with E-state index in [1.54, 1.807) is 0 Å². The molecule has 2 heteroatoms. The molecule has 0 aromatic heterocycles. The van der Waals surface area contributed by atoms with Crippen LogP contribution in [-0.2, 0) is 10.8 Å². The van der Waals surface area contributed by atoms with Crippen LogP contribution in [-0.4, -0.2) is 10.2 Å². The summed E-state index contributed by atoms with van der Waals surface area (Å²) in [4.78, 5) is 0. The number of phenols is 2. The summed E-state index contributed by atoms with van der Waals surface area (Å²) in [5.41, 5.74) is 7.95. The van der Waals surface area contributed by atoms with Crippen molar-refractivity contribution < 1.29 is 10.2 Å². The molecule has 0 aliphatic heterocycles. The molecule has 4 rings (SSSR count). The highest BCUT2D eigenvalue weighted by molar-refractivity contribution is 5.97. The Kier molecular flexibility index (Phi) is 6.03. The van der Waals surface area contributed by atoms with Crippen molar-refractivity contribution in [3.63, 3.8) is 0 Å². The van der Waals surface area contributed by atoms with E-state index in [4.69, 9.17) is 0 Å². The van der Waals surface area contributed by atoms with Crippen LogP contribution in [0.1, 0.15) is 52.7 Å². The molecule has 0 heterocycles. The molecule has 0 radical (unpaired) electrons. The molecule has 0 fully saturated rings. The highest BCUT2D eigenvalue weighted by Crippen LogP contribution is 2.50. The monoisotopic (exact) mass is 450 g/mol. The number of phenolic OH excluding ortho intramolecular Hbond substituents is 2. The Bertz CT molecular complexity index is 1200. The first kappa shape index (κ1) is 23.6. The molecule has 2 nitrogen and oxygen atoms in total. The van der Waals surface area contributed by atoms with Gasteiger partial charge in [-0.25, -0.2) is 0 Å². The van der Waals surface area contributed by atoms with Gasteiger partial charge in [-0.2, -0.15) is 0 Å². The quantitative estimate of drug-likeness (QED) is 0.328. The lowest BCUT2D eigenvalue weighted by molar-refractivity contribution is 0.470. The van der Waals surface area contributed by atoms with Crippen LogP contribution in [0.15, 0.2) is 84.9 Å². The molecule has 0 atom stereocenters. The molecule has 0 aliphatic carbocycles. The second-order valence-corrected chi connectivity index (χ2v) is 11.1. The minimum absolute atomic E-state index is 0.224. The SMILES string of the molecule is CC(C)(C)c1cc(O)cc(-c2ccccc2)c1-c1c(-c2ccccc2)cc(O)cc1C(C)(C)C. The summed E-state index contributed by atoms with van der Waals surface area (Å²) in [6.45, 7) is 13.1. The number of hydrogen-bond acceptors (Lipinski definition) is 2. The van der Waals surface area contributed by atoms with E-state index >= 15 is 0 Å². The fourth-order valence-corrected chi connectivity index (χ4v) is 4.67. The van der Waals surface area contributed by atoms with E-state index in [2.05, 4.69) is 65.8 Å². The van der Waals surface area contributed by atoms with Crippen molar-refractivity contribution in [1.82, 2.24) is 0 Å². The summed E-state index contributed by atoms with van der Waals surface area (Å²) in [5, 5.41) is 21.6. The minimum atomic E-state index is -0.224. The molecule has 0 saturated heterocycles. The maximum absolute atomic E-state index is 10.8. The first-order valence-corrected chi connectivity index (χ1v) is 11.8. The zero-order valence-corrected chi connectivity index (χ0v) is 21.0. The van der Waals surface area contributed by atoms with Crippen LogP contribution in [0.3, 0.4) is 0 Å². The van der Waals surface area contributed by atoms with Crippen LogP contribution in [0.4, 0.5) is 0 Å². The van der Waals surface area contributed by atoms with Crippen LogP contribution < -0.4 is 0 Å². The van der Waals surface area contributed by atoms with E-state index in [1.807, 2.05) is 60.7 Å². The first-order valence-electron chi connectivity index (χ1n) is 11.8. The smallest absolute Gasteiger partial charge is 0.116 e. The predicted molar refractivity (Wildman–Crippen MR) is 143 cm³/mol. The third kappa shape index (κ3) is 4.59. The zero-order chi connectivity index (χ0) is 24.7. The van der Waals surface area contributed by atoms with Gasteiger partial charge in [0.1, 0.15) is 11.5 Å². The summed E-state index contributed by atoms with van der Waals surface area (Å²) < 4.78 is 0. The summed E-state index contributed by atoms with van der Waals surface area (Å²) in [6.07, 6.45) is 0. The van der Waals surface area contributed by atoms with E-state index < -0.39 is 0 Å². The second kappa shape index (κ2) is 8.68. The van der Waals surface area contributed by atoms with Gasteiger partial charge in [-0.1, -0.05) is 102 Å². The molecule has 0 amide bonds. The third-order valence-corrected chi connectivity index (χ3v) is 6.28. The summed E-state index contributed by atoms with van der Waals surface area (Å²) >= 11 is 0. The Hall–Kier alpha value is -3.52. The molecular formula is C32H34O2. The van der Waals surface area contributed by atoms with E-state index in [0.717, 1.165) is 44.5 Å². The molecule has 2 N–H and O–H groups in total. The maximum atomic E-state index is 10.8. The lowest BCUT2D eigenvalue weighted by atomic mass is 9.72. The lowest BCUT2D eigenvalue weighted by Gasteiger charge is -2.32. The van der Waals surface area contributed by atoms with E-state index in [1.165, 1.54) is 0 Å². The van der Waals surface area contributed by atoms with Crippen molar-refractivity contribution in [2.75, 3.05) is 0 Å². The maximum Gasteiger partial charge on any atom is 0.116 e. The molecule has 0 bridgehead atoms. The Morgan fingerprint density at radius 3 is 1.09 bits per heavy atom. The van der Waals surface area contributed by atoms with Crippen molar-refractivity contribution in [3.05, 3.63) is 96.1 Å². The molecule has 0 aliphatic rings. The van der Waals surface area contributed by atoms with Crippen molar-refractivity contribution >= 4 is 0 Å². The van der Waals surface area contributed by atoms with Crippen LogP contribution in [0, 0.1) is 0 Å². The third-order valence-electron chi connectivity index (χ3n) is 6.28. The number of rotatable bonds is 3. The van der Waals surface area contributed by atoms with Gasteiger partial charge in [-0.05, 0) is 79.6 Å². The van der Waals surface area contributed by atoms with Gasteiger partial charge in [0.05, 0.1) is 0 Å². The topological polar surface area (TPSA) is 40.5 Å². The number of aromatic hydroxyl groups is 2. The highest BCUT2D eigenvalue weighted by Gasteiger charge is 2.30. The Morgan fingerprint density at radius 2 is 0.794 bits per heavy atom. The minimum Gasteiger partial charge on any atom is -0.508 e. The molecular weight excluding hydrogens is 416 g/mol. The van der Waals surface area contributed by atoms with Gasteiger partial charge < -0.3 is 10.2 Å². The standard InChI is InChI=1S/C32H34O2/c1-31(2,3)27-19-23(33)17-25(21-13-9-7-10-14-21)29(27)30-26(22-15-11-8-12-16-22)18-24(34)20-28(30)32(4,5)6/h7-20,33-34H,1-6H3. The van der Waals surface area contributed by atoms with Crippen molar-refractivity contribution in [2.24, 2.45) is 0 Å². The van der Waals surface area contributed by atoms with E-state index in [0.29, 0.717) is 0 Å². The highest BCUT2D eigenvalue weighted by atomic mass is 16.3. The van der Waals surface area contributed by atoms with Gasteiger partial charge in [0.2, 0.25) is 0 Å². The average Bonchev–Trinajstić information content (AvgIpc) is 2.78. The lowest BCUT2D eigenvalue weighted by Crippen LogP contribution is -2.17. The van der Waals surface area contributed by atoms with E-state index in [-0.39, 0.29) is 22.3 Å². The van der Waals surface area contributed by atoms with Crippen LogP contribution in [0.25, 0.3) is 33.4 Å². The van der Waals surface area contributed by atoms with Crippen molar-refractivity contribution in [2.45, 2.75) is 52.4 Å². The van der Waals surface area contributed by atoms with Crippen LogP contribution in [0.5, 0.6) is 11.5 Å². The van der Waals surface area contributed by atoms with Gasteiger partial charge in [0, 0.05) is 0 Å². The predicted octanol–water partition coefficient (Wildman–Crippen LogP) is 8.69. The Labute approximate surface area is 203 Å². The van der Waals surface area contributed by atoms with E-state index in [9.17, 15) is 10.2 Å². The molecule has 34 heavy (non-hydrogen) atoms. The van der Waals surface area contributed by atoms with Crippen LogP contribution >= 0.6 is 0 Å². The van der Waals surface area contributed by atoms with Crippen molar-refractivity contribution in [3.8, 4) is 44.9 Å². The van der Waals surface area contributed by atoms with Gasteiger partial charge in [0.15, 0.2) is 0 Å². The van der Waals surface area contributed by atoms with Gasteiger partial charge in [0.25, 0.3) is 0 Å². The molecule has 0 unspecified atom stereocenters. The average molecular weight is 451 g/mol. The Morgan fingerprint density at radius 1 is 0.471 bits per heavy atom. The number of benzene rings is 4. The van der Waals surface area contributed by atoms with Gasteiger partial charge in [-0.15, -0.1) is 0 Å². The van der Waals surface area contributed by atoms with Crippen molar-refractivity contribution in [1.29, 1.82) is 0 Å².